The van der Waals surface area contributed by atoms with Crippen molar-refractivity contribution in [3.63, 3.8) is 0 Å². The molecule has 0 amide bonds. The van der Waals surface area contributed by atoms with Crippen molar-refractivity contribution in [2.24, 2.45) is 0 Å². The summed E-state index contributed by atoms with van der Waals surface area (Å²) in [4.78, 5) is 10.1. The van der Waals surface area contributed by atoms with Gasteiger partial charge in [-0.05, 0) is 16.7 Å². The Morgan fingerprint density at radius 2 is 2.07 bits per heavy atom. The molecule has 76 valence electrons. The molecule has 0 spiro atoms. The minimum Gasteiger partial charge on any atom is -0.377 e. The van der Waals surface area contributed by atoms with Gasteiger partial charge in [0.15, 0.2) is 6.10 Å². The van der Waals surface area contributed by atoms with Crippen LogP contribution in [0.15, 0.2) is 36.5 Å². The molecule has 0 aromatic heterocycles. The molecule has 0 radical (unpaired) electrons. The van der Waals surface area contributed by atoms with Gasteiger partial charge in [0.2, 0.25) is 0 Å². The molecule has 1 aliphatic rings. The van der Waals surface area contributed by atoms with E-state index in [1.165, 1.54) is 6.08 Å². The number of aliphatic hydroxyl groups is 1. The number of fused-ring (bicyclic) bond motifs is 1. The average Bonchev–Trinajstić information content (AvgIpc) is 2.23. The van der Waals surface area contributed by atoms with Crippen molar-refractivity contribution >= 4 is 11.6 Å². The molecule has 4 heteroatoms. The molecule has 4 nitrogen and oxygen atoms in total. The number of hydrogen-bond donors (Lipinski definition) is 1. The highest BCUT2D eigenvalue weighted by Gasteiger charge is 2.30. The fraction of sp³-hybridized carbons (Fsp3) is 0.0909. The van der Waals surface area contributed by atoms with Crippen LogP contribution in [0.25, 0.3) is 11.6 Å². The van der Waals surface area contributed by atoms with Crippen LogP contribution >= 0.6 is 0 Å². The summed E-state index contributed by atoms with van der Waals surface area (Å²) in [5.74, 6) is 0. The van der Waals surface area contributed by atoms with Crippen molar-refractivity contribution < 1.29 is 10.0 Å². The third kappa shape index (κ3) is 1.45. The Kier molecular flexibility index (Phi) is 2.13. The van der Waals surface area contributed by atoms with Gasteiger partial charge in [-0.1, -0.05) is 30.8 Å². The second kappa shape index (κ2) is 3.33. The molecule has 0 heterocycles. The standard InChI is InChI=1S/C11H9NO3/c1-7-9-5-3-2-4-8(9)6-10(11(7)13)12(14)15/h2-6,11,13H,1H2. The normalized spacial score (nSPS) is 19.4. The zero-order valence-corrected chi connectivity index (χ0v) is 7.88. The predicted octanol–water partition coefficient (Wildman–Crippen LogP) is 1.69. The zero-order valence-electron chi connectivity index (χ0n) is 7.88. The lowest BCUT2D eigenvalue weighted by molar-refractivity contribution is -0.431. The number of rotatable bonds is 1. The molecular formula is C11H9NO3. The summed E-state index contributed by atoms with van der Waals surface area (Å²) in [5, 5.41) is 20.3. The van der Waals surface area contributed by atoms with Gasteiger partial charge in [0.05, 0.1) is 4.92 Å². The van der Waals surface area contributed by atoms with Gasteiger partial charge in [0.1, 0.15) is 0 Å². The van der Waals surface area contributed by atoms with E-state index in [4.69, 9.17) is 0 Å². The smallest absolute Gasteiger partial charge is 0.279 e. The van der Waals surface area contributed by atoms with E-state index < -0.39 is 11.0 Å². The molecule has 0 saturated carbocycles. The Balaban J connectivity index is 2.62. The Hall–Kier alpha value is -1.94. The maximum atomic E-state index is 10.7. The SMILES string of the molecule is C=C1c2ccccc2C=C([N+](=O)[O-])C1O. The third-order valence-electron chi connectivity index (χ3n) is 2.43. The van der Waals surface area contributed by atoms with Gasteiger partial charge in [-0.2, -0.15) is 0 Å². The molecule has 0 saturated heterocycles. The maximum Gasteiger partial charge on any atom is 0.279 e. The van der Waals surface area contributed by atoms with E-state index in [9.17, 15) is 15.2 Å². The lowest BCUT2D eigenvalue weighted by atomic mass is 9.90. The number of benzene rings is 1. The summed E-state index contributed by atoms with van der Waals surface area (Å²) >= 11 is 0. The summed E-state index contributed by atoms with van der Waals surface area (Å²) in [6, 6.07) is 7.14. The first-order valence-electron chi connectivity index (χ1n) is 4.43. The molecule has 1 unspecified atom stereocenters. The fourth-order valence-electron chi connectivity index (χ4n) is 1.63. The first-order valence-corrected chi connectivity index (χ1v) is 4.43. The molecule has 0 aliphatic heterocycles. The molecule has 1 aromatic carbocycles. The van der Waals surface area contributed by atoms with Gasteiger partial charge >= 0.3 is 0 Å². The second-order valence-electron chi connectivity index (χ2n) is 3.34. The molecule has 1 aliphatic carbocycles. The van der Waals surface area contributed by atoms with Crippen molar-refractivity contribution in [2.75, 3.05) is 0 Å². The van der Waals surface area contributed by atoms with E-state index in [-0.39, 0.29) is 5.70 Å². The summed E-state index contributed by atoms with van der Waals surface area (Å²) in [6.45, 7) is 3.67. The number of aliphatic hydroxyl groups excluding tert-OH is 1. The van der Waals surface area contributed by atoms with Gasteiger partial charge in [0.25, 0.3) is 5.70 Å². The van der Waals surface area contributed by atoms with Crippen molar-refractivity contribution in [2.45, 2.75) is 6.10 Å². The van der Waals surface area contributed by atoms with E-state index in [0.717, 1.165) is 11.1 Å². The minimum absolute atomic E-state index is 0.223. The monoisotopic (exact) mass is 203 g/mol. The fourth-order valence-corrected chi connectivity index (χ4v) is 1.63. The van der Waals surface area contributed by atoms with E-state index >= 15 is 0 Å². The molecule has 0 bridgehead atoms. The molecule has 15 heavy (non-hydrogen) atoms. The van der Waals surface area contributed by atoms with Crippen LogP contribution in [-0.2, 0) is 0 Å². The first-order chi connectivity index (χ1) is 7.11. The van der Waals surface area contributed by atoms with Gasteiger partial charge in [-0.15, -0.1) is 0 Å². The summed E-state index contributed by atoms with van der Waals surface area (Å²) in [6.07, 6.45) is 0.171. The molecule has 1 atom stereocenters. The van der Waals surface area contributed by atoms with Crippen LogP contribution in [0, 0.1) is 10.1 Å². The topological polar surface area (TPSA) is 63.4 Å². The molecule has 0 fully saturated rings. The zero-order chi connectivity index (χ0) is 11.0. The minimum atomic E-state index is -1.21. The van der Waals surface area contributed by atoms with Crippen molar-refractivity contribution in [1.82, 2.24) is 0 Å². The van der Waals surface area contributed by atoms with E-state index in [1.807, 2.05) is 6.07 Å². The summed E-state index contributed by atoms with van der Waals surface area (Å²) < 4.78 is 0. The van der Waals surface area contributed by atoms with Crippen LogP contribution in [0.5, 0.6) is 0 Å². The summed E-state index contributed by atoms with van der Waals surface area (Å²) in [5.41, 5.74) is 1.63. The lowest BCUT2D eigenvalue weighted by Crippen LogP contribution is -2.21. The van der Waals surface area contributed by atoms with Crippen LogP contribution < -0.4 is 0 Å². The highest BCUT2D eigenvalue weighted by molar-refractivity contribution is 5.81. The highest BCUT2D eigenvalue weighted by Crippen LogP contribution is 2.31. The largest absolute Gasteiger partial charge is 0.377 e. The number of hydrogen-bond acceptors (Lipinski definition) is 3. The molecule has 1 N–H and O–H groups in total. The van der Waals surface area contributed by atoms with E-state index in [2.05, 4.69) is 6.58 Å². The second-order valence-corrected chi connectivity index (χ2v) is 3.34. The lowest BCUT2D eigenvalue weighted by Gasteiger charge is -2.18. The van der Waals surface area contributed by atoms with E-state index in [1.54, 1.807) is 18.2 Å². The van der Waals surface area contributed by atoms with Crippen LogP contribution in [0.1, 0.15) is 11.1 Å². The third-order valence-corrected chi connectivity index (χ3v) is 2.43. The molecular weight excluding hydrogens is 194 g/mol. The Bertz CT molecular complexity index is 476. The highest BCUT2D eigenvalue weighted by atomic mass is 16.6. The Morgan fingerprint density at radius 3 is 2.73 bits per heavy atom. The van der Waals surface area contributed by atoms with Gasteiger partial charge in [-0.25, -0.2) is 0 Å². The number of nitrogens with zero attached hydrogens (tertiary/aromatic N) is 1. The van der Waals surface area contributed by atoms with Crippen LogP contribution in [0.4, 0.5) is 0 Å². The van der Waals surface area contributed by atoms with E-state index in [0.29, 0.717) is 5.57 Å². The van der Waals surface area contributed by atoms with Crippen molar-refractivity contribution in [1.29, 1.82) is 0 Å². The average molecular weight is 203 g/mol. The molecule has 1 aromatic rings. The molecule has 2 rings (SSSR count). The van der Waals surface area contributed by atoms with Gasteiger partial charge in [0, 0.05) is 6.08 Å². The first kappa shape index (κ1) is 9.61. The Morgan fingerprint density at radius 1 is 1.40 bits per heavy atom. The van der Waals surface area contributed by atoms with Crippen LogP contribution in [-0.4, -0.2) is 16.1 Å². The van der Waals surface area contributed by atoms with Gasteiger partial charge in [-0.3, -0.25) is 10.1 Å². The number of nitro groups is 1. The van der Waals surface area contributed by atoms with Crippen molar-refractivity contribution in [3.05, 3.63) is 57.8 Å². The quantitative estimate of drug-likeness (QED) is 0.558. The predicted molar refractivity (Wildman–Crippen MR) is 56.5 cm³/mol. The van der Waals surface area contributed by atoms with Crippen molar-refractivity contribution in [3.8, 4) is 0 Å². The Labute approximate surface area is 86.3 Å². The van der Waals surface area contributed by atoms with Gasteiger partial charge < -0.3 is 5.11 Å². The maximum absolute atomic E-state index is 10.7. The summed E-state index contributed by atoms with van der Waals surface area (Å²) in [7, 11) is 0. The van der Waals surface area contributed by atoms with Crippen LogP contribution in [0.2, 0.25) is 0 Å². The van der Waals surface area contributed by atoms with Crippen LogP contribution in [0.3, 0.4) is 0 Å².